The molecule has 0 aliphatic rings. The lowest BCUT2D eigenvalue weighted by atomic mass is 10.0. The Labute approximate surface area is 592 Å². The van der Waals surface area contributed by atoms with Gasteiger partial charge >= 0.3 is 39.5 Å². The molecule has 97 heavy (non-hydrogen) atoms. The van der Waals surface area contributed by atoms with Crippen molar-refractivity contribution < 1.29 is 80.2 Å². The summed E-state index contributed by atoms with van der Waals surface area (Å²) in [4.78, 5) is 72.8. The van der Waals surface area contributed by atoms with E-state index in [1.165, 1.54) is 161 Å². The maximum absolute atomic E-state index is 13.1. The fourth-order valence-corrected chi connectivity index (χ4v) is 13.0. The fraction of sp³-hybridized carbons (Fsp3) is 0.897. The number of hydrogen-bond donors (Lipinski definition) is 3. The molecule has 0 heterocycles. The number of carbonyl (C=O) groups is 4. The van der Waals surface area contributed by atoms with Gasteiger partial charge in [0.05, 0.1) is 26.4 Å². The molecule has 0 aliphatic carbocycles. The van der Waals surface area contributed by atoms with Crippen LogP contribution in [0, 0.1) is 17.8 Å². The number of carbonyl (C=O) groups excluding carboxylic acids is 4. The summed E-state index contributed by atoms with van der Waals surface area (Å²) in [5, 5.41) is 10.6. The fourth-order valence-electron chi connectivity index (χ4n) is 11.4. The lowest BCUT2D eigenvalue weighted by Crippen LogP contribution is -2.30. The third kappa shape index (κ3) is 71.7. The van der Waals surface area contributed by atoms with Crippen molar-refractivity contribution in [2.24, 2.45) is 17.8 Å². The highest BCUT2D eigenvalue weighted by Crippen LogP contribution is 2.45. The second-order valence-corrected chi connectivity index (χ2v) is 31.7. The number of esters is 4. The summed E-state index contributed by atoms with van der Waals surface area (Å²) < 4.78 is 68.5. The monoisotopic (exact) mass is 1420 g/mol. The number of hydrogen-bond acceptors (Lipinski definition) is 15. The molecule has 0 fully saturated rings. The molecule has 0 saturated heterocycles. The van der Waals surface area contributed by atoms with Gasteiger partial charge in [-0.05, 0) is 69.1 Å². The number of aliphatic hydroxyl groups excluding tert-OH is 1. The van der Waals surface area contributed by atoms with Crippen molar-refractivity contribution in [1.29, 1.82) is 0 Å². The Bertz CT molecular complexity index is 1980. The normalized spacial score (nSPS) is 14.2. The molecular weight excluding hydrogens is 1270 g/mol. The van der Waals surface area contributed by atoms with Crippen molar-refractivity contribution in [3.05, 3.63) is 24.3 Å². The minimum absolute atomic E-state index is 0.1000. The van der Waals surface area contributed by atoms with Crippen molar-refractivity contribution in [3.8, 4) is 0 Å². The molecule has 2 unspecified atom stereocenters. The highest BCUT2D eigenvalue weighted by atomic mass is 31.2. The van der Waals surface area contributed by atoms with Crippen LogP contribution in [0.25, 0.3) is 0 Å². The van der Waals surface area contributed by atoms with Gasteiger partial charge in [0.25, 0.3) is 0 Å². The Morgan fingerprint density at radius 3 is 0.835 bits per heavy atom. The van der Waals surface area contributed by atoms with Gasteiger partial charge in [-0.2, -0.15) is 0 Å². The standard InChI is InChI=1S/C78H148O17P2/c1-8-9-10-11-12-13-14-15-16-22-27-32-37-45-52-59-75(80)88-65-73(94-77(82)62-55-48-39-34-29-24-19-21-26-31-36-43-50-57-70(4)5)67-92-96(84,85)90-63-72(79)64-91-97(86,87)93-68-74(66-89-76(81)60-53-46-41-40-44-51-58-71(6)7)95-78(83)61-54-47-38-33-28-23-18-17-20-25-30-35-42-49-56-69(2)3/h13-16,69-74,79H,8-12,17-68H2,1-7H3,(H,84,85)(H,86,87)/b14-13-,16-15-/t72-,73-,74-/m1/s1. The number of aliphatic hydroxyl groups is 1. The third-order valence-electron chi connectivity index (χ3n) is 17.5. The van der Waals surface area contributed by atoms with Crippen molar-refractivity contribution in [3.63, 3.8) is 0 Å². The SMILES string of the molecule is CCCCCC/C=C\C=C/CCCCCCCC(=O)OC[C@H](COP(=O)(O)OC[C@@H](O)COP(=O)(O)OC[C@@H](COC(=O)CCCCCCCCC(C)C)OC(=O)CCCCCCCCCCCCCCCCC(C)C)OC(=O)CCCCCCCCCCCCCCCC(C)C. The molecule has 0 aliphatic heterocycles. The molecule has 572 valence electrons. The van der Waals surface area contributed by atoms with E-state index in [0.29, 0.717) is 31.6 Å². The van der Waals surface area contributed by atoms with E-state index in [4.69, 9.17) is 37.0 Å². The highest BCUT2D eigenvalue weighted by molar-refractivity contribution is 7.47. The second-order valence-electron chi connectivity index (χ2n) is 28.8. The molecule has 0 aromatic heterocycles. The van der Waals surface area contributed by atoms with Crippen molar-refractivity contribution >= 4 is 39.5 Å². The molecule has 0 rings (SSSR count). The number of phosphoric acid groups is 2. The zero-order chi connectivity index (χ0) is 71.6. The number of allylic oxidation sites excluding steroid dienone is 4. The van der Waals surface area contributed by atoms with Crippen LogP contribution in [0.1, 0.15) is 376 Å². The van der Waals surface area contributed by atoms with Crippen molar-refractivity contribution in [2.75, 3.05) is 39.6 Å². The van der Waals surface area contributed by atoms with Crippen LogP contribution >= 0.6 is 15.6 Å². The topological polar surface area (TPSA) is 237 Å². The summed E-state index contributed by atoms with van der Waals surface area (Å²) in [6, 6.07) is 0. The summed E-state index contributed by atoms with van der Waals surface area (Å²) in [7, 11) is -9.93. The van der Waals surface area contributed by atoms with Crippen LogP contribution < -0.4 is 0 Å². The van der Waals surface area contributed by atoms with E-state index in [0.717, 1.165) is 127 Å². The molecule has 0 spiro atoms. The number of phosphoric ester groups is 2. The zero-order valence-electron chi connectivity index (χ0n) is 63.0. The minimum Gasteiger partial charge on any atom is -0.462 e. The van der Waals surface area contributed by atoms with Crippen LogP contribution in [0.4, 0.5) is 0 Å². The van der Waals surface area contributed by atoms with Gasteiger partial charge in [0.15, 0.2) is 12.2 Å². The van der Waals surface area contributed by atoms with E-state index in [1.54, 1.807) is 0 Å². The maximum Gasteiger partial charge on any atom is 0.472 e. The molecule has 0 bridgehead atoms. The van der Waals surface area contributed by atoms with Crippen LogP contribution in [0.2, 0.25) is 0 Å². The molecule has 3 N–H and O–H groups in total. The van der Waals surface area contributed by atoms with E-state index >= 15 is 0 Å². The van der Waals surface area contributed by atoms with Gasteiger partial charge in [0, 0.05) is 25.7 Å². The largest absolute Gasteiger partial charge is 0.472 e. The average molecular weight is 1420 g/mol. The molecule has 0 aromatic rings. The highest BCUT2D eigenvalue weighted by Gasteiger charge is 2.30. The second kappa shape index (κ2) is 68.0. The van der Waals surface area contributed by atoms with Gasteiger partial charge in [0.2, 0.25) is 0 Å². The van der Waals surface area contributed by atoms with Crippen LogP contribution in [-0.4, -0.2) is 96.7 Å². The van der Waals surface area contributed by atoms with E-state index < -0.39 is 97.5 Å². The zero-order valence-corrected chi connectivity index (χ0v) is 64.8. The number of ether oxygens (including phenoxy) is 4. The van der Waals surface area contributed by atoms with Gasteiger partial charge < -0.3 is 33.8 Å². The molecule has 0 amide bonds. The molecule has 17 nitrogen and oxygen atoms in total. The summed E-state index contributed by atoms with van der Waals surface area (Å²) in [5.74, 6) is 0.109. The lowest BCUT2D eigenvalue weighted by molar-refractivity contribution is -0.161. The molecule has 0 saturated carbocycles. The van der Waals surface area contributed by atoms with Crippen LogP contribution in [-0.2, 0) is 65.4 Å². The first-order valence-electron chi connectivity index (χ1n) is 39.7. The predicted octanol–water partition coefficient (Wildman–Crippen LogP) is 22.5. The quantitative estimate of drug-likeness (QED) is 0.0169. The van der Waals surface area contributed by atoms with Crippen LogP contribution in [0.15, 0.2) is 24.3 Å². The van der Waals surface area contributed by atoms with E-state index in [2.05, 4.69) is 72.8 Å². The van der Waals surface area contributed by atoms with Gasteiger partial charge in [0.1, 0.15) is 19.3 Å². The lowest BCUT2D eigenvalue weighted by Gasteiger charge is -2.21. The first-order chi connectivity index (χ1) is 46.7. The smallest absolute Gasteiger partial charge is 0.462 e. The van der Waals surface area contributed by atoms with E-state index in [-0.39, 0.29) is 25.7 Å². The van der Waals surface area contributed by atoms with Gasteiger partial charge in [-0.3, -0.25) is 37.3 Å². The predicted molar refractivity (Wildman–Crippen MR) is 395 cm³/mol. The summed E-state index contributed by atoms with van der Waals surface area (Å²) in [5.41, 5.74) is 0. The Morgan fingerprint density at radius 1 is 0.320 bits per heavy atom. The van der Waals surface area contributed by atoms with Crippen molar-refractivity contribution in [2.45, 2.75) is 394 Å². The summed E-state index contributed by atoms with van der Waals surface area (Å²) in [6.45, 7) is 11.8. The van der Waals surface area contributed by atoms with Gasteiger partial charge in [-0.1, -0.05) is 323 Å². The van der Waals surface area contributed by atoms with E-state index in [9.17, 15) is 43.2 Å². The van der Waals surface area contributed by atoms with Gasteiger partial charge in [-0.25, -0.2) is 9.13 Å². The van der Waals surface area contributed by atoms with E-state index in [1.807, 2.05) is 0 Å². The maximum atomic E-state index is 13.1. The third-order valence-corrected chi connectivity index (χ3v) is 19.4. The first kappa shape index (κ1) is 94.5. The number of unbranched alkanes of at least 4 members (excludes halogenated alkanes) is 39. The van der Waals surface area contributed by atoms with Crippen molar-refractivity contribution in [1.82, 2.24) is 0 Å². The molecule has 0 aromatic carbocycles. The summed E-state index contributed by atoms with van der Waals surface area (Å²) >= 11 is 0. The Morgan fingerprint density at radius 2 is 0.557 bits per heavy atom. The summed E-state index contributed by atoms with van der Waals surface area (Å²) in [6.07, 6.45) is 57.8. The van der Waals surface area contributed by atoms with Crippen LogP contribution in [0.3, 0.4) is 0 Å². The Hall–Kier alpha value is -2.46. The first-order valence-corrected chi connectivity index (χ1v) is 42.7. The molecule has 5 atom stereocenters. The van der Waals surface area contributed by atoms with Gasteiger partial charge in [-0.15, -0.1) is 0 Å². The minimum atomic E-state index is -4.97. The van der Waals surface area contributed by atoms with Crippen LogP contribution in [0.5, 0.6) is 0 Å². The molecule has 0 radical (unpaired) electrons. The number of rotatable bonds is 74. The molecular formula is C78H148O17P2. The Kier molecular flexibility index (Phi) is 66.3. The average Bonchev–Trinajstić information content (AvgIpc) is 1.30. The Balaban J connectivity index is 5.27. The molecule has 19 heteroatoms.